The molecule has 15 heteroatoms. The van der Waals surface area contributed by atoms with E-state index in [1.165, 1.54) is 24.4 Å². The van der Waals surface area contributed by atoms with Gasteiger partial charge in [0.1, 0.15) is 22.9 Å². The van der Waals surface area contributed by atoms with E-state index in [4.69, 9.17) is 21.5 Å². The zero-order valence-electron chi connectivity index (χ0n) is 21.9. The lowest BCUT2D eigenvalue weighted by Gasteiger charge is -2.41. The molecule has 1 heterocycles. The first kappa shape index (κ1) is 32.0. The zero-order chi connectivity index (χ0) is 30.4. The molecule has 0 aliphatic heterocycles. The predicted molar refractivity (Wildman–Crippen MR) is 146 cm³/mol. The van der Waals surface area contributed by atoms with E-state index in [1.54, 1.807) is 6.07 Å². The number of alkyl halides is 3. The monoisotopic (exact) mass is 617 g/mol. The van der Waals surface area contributed by atoms with Crippen LogP contribution in [0.3, 0.4) is 0 Å². The van der Waals surface area contributed by atoms with Crippen molar-refractivity contribution in [3.63, 3.8) is 0 Å². The Balaban J connectivity index is 0.00000147. The summed E-state index contributed by atoms with van der Waals surface area (Å²) in [6.07, 6.45) is -0.135. The van der Waals surface area contributed by atoms with Gasteiger partial charge in [0.25, 0.3) is 16.5 Å². The number of likely N-dealkylation sites (N-methyl/N-ethyl adjacent to an activating group) is 1. The Labute approximate surface area is 239 Å². The van der Waals surface area contributed by atoms with Gasteiger partial charge in [-0.05, 0) is 69.1 Å². The molecular weight excluding hydrogens is 590 g/mol. The Morgan fingerprint density at radius 2 is 1.85 bits per heavy atom. The number of halogens is 5. The fourth-order valence-corrected chi connectivity index (χ4v) is 6.17. The van der Waals surface area contributed by atoms with Crippen LogP contribution in [0.5, 0.6) is 0 Å². The summed E-state index contributed by atoms with van der Waals surface area (Å²) >= 11 is 6.40. The molecule has 2 aromatic carbocycles. The number of aromatic nitrogens is 2. The molecule has 0 bridgehead atoms. The van der Waals surface area contributed by atoms with E-state index in [9.17, 15) is 21.6 Å². The highest BCUT2D eigenvalue weighted by Crippen LogP contribution is 2.39. The number of sulfonamides is 1. The van der Waals surface area contributed by atoms with Crippen molar-refractivity contribution in [1.82, 2.24) is 14.9 Å². The molecule has 1 aliphatic rings. The smallest absolute Gasteiger partial charge is 0.416 e. The summed E-state index contributed by atoms with van der Waals surface area (Å²) in [6.45, 7) is -0.250. The van der Waals surface area contributed by atoms with Crippen molar-refractivity contribution in [3.8, 4) is 0 Å². The molecule has 0 radical (unpaired) electrons. The van der Waals surface area contributed by atoms with Crippen molar-refractivity contribution in [3.05, 3.63) is 77.0 Å². The van der Waals surface area contributed by atoms with Crippen molar-refractivity contribution in [2.75, 3.05) is 24.1 Å². The van der Waals surface area contributed by atoms with Gasteiger partial charge >= 0.3 is 6.18 Å². The fraction of sp³-hybridized carbons (Fsp3) is 0.346. The third-order valence-corrected chi connectivity index (χ3v) is 8.32. The molecule has 41 heavy (non-hydrogen) atoms. The number of nitrogens with one attached hydrogen (secondary N) is 2. The molecule has 1 fully saturated rings. The van der Waals surface area contributed by atoms with Gasteiger partial charge in [0, 0.05) is 18.3 Å². The highest BCUT2D eigenvalue weighted by atomic mass is 35.5. The van der Waals surface area contributed by atoms with Gasteiger partial charge < -0.3 is 15.3 Å². The maximum atomic E-state index is 15.1. The zero-order valence-corrected chi connectivity index (χ0v) is 23.5. The van der Waals surface area contributed by atoms with Crippen LogP contribution in [0.25, 0.3) is 0 Å². The first-order valence-corrected chi connectivity index (χ1v) is 14.1. The minimum atomic E-state index is -4.44. The first-order valence-electron chi connectivity index (χ1n) is 12.2. The van der Waals surface area contributed by atoms with Crippen LogP contribution in [0.4, 0.5) is 29.1 Å². The van der Waals surface area contributed by atoms with Crippen molar-refractivity contribution >= 4 is 39.6 Å². The third-order valence-electron chi connectivity index (χ3n) is 6.64. The van der Waals surface area contributed by atoms with E-state index in [1.807, 2.05) is 19.0 Å². The van der Waals surface area contributed by atoms with Crippen LogP contribution >= 0.6 is 11.6 Å². The highest BCUT2D eigenvalue weighted by Gasteiger charge is 2.35. The molecule has 1 aromatic heterocycles. The summed E-state index contributed by atoms with van der Waals surface area (Å²) in [5, 5.41) is 10.1. The summed E-state index contributed by atoms with van der Waals surface area (Å²) in [6, 6.07) is 8.34. The number of hydrogen-bond donors (Lipinski definition) is 3. The number of carboxylic acid groups (broad SMARTS) is 1. The first-order chi connectivity index (χ1) is 19.3. The summed E-state index contributed by atoms with van der Waals surface area (Å²) in [7, 11) is -0.550. The molecule has 9 nitrogen and oxygen atoms in total. The maximum absolute atomic E-state index is 15.1. The lowest BCUT2D eigenvalue weighted by molar-refractivity contribution is -0.137. The Morgan fingerprint density at radius 1 is 1.15 bits per heavy atom. The summed E-state index contributed by atoms with van der Waals surface area (Å²) < 4.78 is 82.5. The Bertz CT molecular complexity index is 1450. The van der Waals surface area contributed by atoms with Gasteiger partial charge in [0.2, 0.25) is 0 Å². The molecule has 0 amide bonds. The Hall–Kier alpha value is -3.49. The van der Waals surface area contributed by atoms with Crippen molar-refractivity contribution in [1.29, 1.82) is 0 Å². The van der Waals surface area contributed by atoms with Crippen LogP contribution in [0, 0.1) is 5.82 Å². The van der Waals surface area contributed by atoms with E-state index in [-0.39, 0.29) is 41.0 Å². The quantitative estimate of drug-likeness (QED) is 0.236. The van der Waals surface area contributed by atoms with Gasteiger partial charge in [0.15, 0.2) is 0 Å². The number of nitrogens with zero attached hydrogens (tertiary/aromatic N) is 3. The molecule has 3 aromatic rings. The van der Waals surface area contributed by atoms with Gasteiger partial charge in [0.05, 0.1) is 16.3 Å². The van der Waals surface area contributed by atoms with E-state index in [2.05, 4.69) is 20.0 Å². The molecular formula is C26H28ClF4N5O4S. The summed E-state index contributed by atoms with van der Waals surface area (Å²) in [5.41, 5.74) is 0.0665. The van der Waals surface area contributed by atoms with Crippen LogP contribution in [-0.4, -0.2) is 61.0 Å². The van der Waals surface area contributed by atoms with Gasteiger partial charge in [-0.25, -0.2) is 22.8 Å². The highest BCUT2D eigenvalue weighted by molar-refractivity contribution is 7.92. The second-order valence-corrected chi connectivity index (χ2v) is 11.5. The molecule has 222 valence electrons. The minimum Gasteiger partial charge on any atom is -0.483 e. The number of hydrogen-bond acceptors (Lipinski definition) is 7. The Morgan fingerprint density at radius 3 is 2.46 bits per heavy atom. The van der Waals surface area contributed by atoms with Crippen LogP contribution in [0.1, 0.15) is 36.3 Å². The van der Waals surface area contributed by atoms with E-state index in [0.717, 1.165) is 24.5 Å². The lowest BCUT2D eigenvalue weighted by atomic mass is 9.78. The largest absolute Gasteiger partial charge is 0.483 e. The number of carbonyl (C=O) groups is 1. The maximum Gasteiger partial charge on any atom is 0.416 e. The molecule has 1 aliphatic carbocycles. The van der Waals surface area contributed by atoms with Crippen LogP contribution < -0.4 is 10.0 Å². The van der Waals surface area contributed by atoms with Crippen molar-refractivity contribution in [2.24, 2.45) is 0 Å². The molecule has 1 saturated carbocycles. The lowest BCUT2D eigenvalue weighted by Crippen LogP contribution is -2.47. The average Bonchev–Trinajstić information content (AvgIpc) is 2.90. The molecule has 0 unspecified atom stereocenters. The second kappa shape index (κ2) is 13.4. The third kappa shape index (κ3) is 8.27. The average molecular weight is 618 g/mol. The fourth-order valence-electron chi connectivity index (χ4n) is 4.79. The topological polar surface area (TPSA) is 125 Å². The predicted octanol–water partition coefficient (Wildman–Crippen LogP) is 5.47. The van der Waals surface area contributed by atoms with E-state index >= 15 is 4.39 Å². The van der Waals surface area contributed by atoms with Crippen LogP contribution in [0.15, 0.2) is 59.9 Å². The number of anilines is 2. The SMILES string of the molecule is CN(C)[C@H]1CC[C@H](c2cccc(C(F)(F)F)c2)C[C@@H]1Nc1cc(F)c(S(=O)(=O)Nc2ccncn2)cc1Cl.O=CO. The van der Waals surface area contributed by atoms with Gasteiger partial charge in [-0.2, -0.15) is 13.2 Å². The number of benzene rings is 2. The number of rotatable bonds is 7. The summed E-state index contributed by atoms with van der Waals surface area (Å²) in [5.74, 6) is -1.22. The van der Waals surface area contributed by atoms with E-state index < -0.39 is 32.5 Å². The van der Waals surface area contributed by atoms with Gasteiger partial charge in [-0.15, -0.1) is 0 Å². The molecule has 3 N–H and O–H groups in total. The normalized spacial score (nSPS) is 19.2. The Kier molecular flexibility index (Phi) is 10.5. The standard InChI is InChI=1S/C25H26ClF4N5O2S.CH2O2/c1-35(2)22-7-6-16(15-4-3-5-17(10-15)25(28,29)30)11-21(22)33-20-13-19(27)23(12-18(20)26)38(36,37)34-24-8-9-31-14-32-24;2-1-3/h3-5,8-10,12-14,16,21-22,33H,6-7,11H2,1-2H3,(H,31,32,34);1H,(H,2,3)/t16-,21-,22-;/m0./s1. The van der Waals surface area contributed by atoms with Crippen LogP contribution in [-0.2, 0) is 21.0 Å². The second-order valence-electron chi connectivity index (χ2n) is 9.48. The summed E-state index contributed by atoms with van der Waals surface area (Å²) in [4.78, 5) is 17.2. The molecule has 3 atom stereocenters. The van der Waals surface area contributed by atoms with Crippen molar-refractivity contribution < 1.29 is 35.9 Å². The van der Waals surface area contributed by atoms with E-state index in [0.29, 0.717) is 24.8 Å². The molecule has 4 rings (SSSR count). The van der Waals surface area contributed by atoms with Crippen molar-refractivity contribution in [2.45, 2.75) is 48.3 Å². The minimum absolute atomic E-state index is 0.0148. The molecule has 0 saturated heterocycles. The van der Waals surface area contributed by atoms with Crippen LogP contribution in [0.2, 0.25) is 5.02 Å². The van der Waals surface area contributed by atoms with Gasteiger partial charge in [-0.3, -0.25) is 9.52 Å². The molecule has 0 spiro atoms. The van der Waals surface area contributed by atoms with Gasteiger partial charge in [-0.1, -0.05) is 29.8 Å².